The maximum Gasteiger partial charge on any atom is 0.339 e. The quantitative estimate of drug-likeness (QED) is 0.594. The summed E-state index contributed by atoms with van der Waals surface area (Å²) in [6.07, 6.45) is 0. The standard InChI is InChI=1S/C12H16N4O3S/c1-3-13-6-8-4-5-9(19-8)7-20-12-14-10(17)11(18)15-16(12)2/h4-5,13H,3,6-7H2,1-2H3,(H,15,18). The number of hydrogen-bond acceptors (Lipinski definition) is 6. The summed E-state index contributed by atoms with van der Waals surface area (Å²) in [5.41, 5.74) is -1.50. The minimum Gasteiger partial charge on any atom is -0.464 e. The van der Waals surface area contributed by atoms with Gasteiger partial charge in [0.2, 0.25) is 0 Å². The van der Waals surface area contributed by atoms with Crippen molar-refractivity contribution in [1.82, 2.24) is 20.1 Å². The summed E-state index contributed by atoms with van der Waals surface area (Å²) >= 11 is 1.33. The van der Waals surface area contributed by atoms with E-state index < -0.39 is 11.1 Å². The number of furan rings is 1. The molecule has 0 bridgehead atoms. The summed E-state index contributed by atoms with van der Waals surface area (Å²) in [5.74, 6) is 2.20. The maximum absolute atomic E-state index is 11.2. The molecule has 0 atom stereocenters. The van der Waals surface area contributed by atoms with E-state index in [4.69, 9.17) is 4.42 Å². The summed E-state index contributed by atoms with van der Waals surface area (Å²) in [7, 11) is 1.63. The minimum absolute atomic E-state index is 0.444. The molecule has 2 rings (SSSR count). The maximum atomic E-state index is 11.2. The average Bonchev–Trinajstić information content (AvgIpc) is 2.87. The van der Waals surface area contributed by atoms with Gasteiger partial charge in [-0.15, -0.1) is 0 Å². The number of aromatic amines is 1. The second-order valence-electron chi connectivity index (χ2n) is 4.14. The van der Waals surface area contributed by atoms with Crippen LogP contribution in [0, 0.1) is 0 Å². The lowest BCUT2D eigenvalue weighted by Gasteiger charge is -2.04. The van der Waals surface area contributed by atoms with Gasteiger partial charge < -0.3 is 9.73 Å². The average molecular weight is 296 g/mol. The smallest absolute Gasteiger partial charge is 0.339 e. The molecule has 0 saturated carbocycles. The third kappa shape index (κ3) is 3.61. The topological polar surface area (TPSA) is 92.9 Å². The van der Waals surface area contributed by atoms with E-state index in [0.29, 0.717) is 17.5 Å². The third-order valence-corrected chi connectivity index (χ3v) is 3.61. The molecule has 0 unspecified atom stereocenters. The molecule has 0 radical (unpaired) electrons. The Morgan fingerprint density at radius 1 is 1.40 bits per heavy atom. The first-order chi connectivity index (χ1) is 9.60. The van der Waals surface area contributed by atoms with Crippen molar-refractivity contribution in [2.75, 3.05) is 6.54 Å². The van der Waals surface area contributed by atoms with E-state index >= 15 is 0 Å². The Morgan fingerprint density at radius 3 is 2.90 bits per heavy atom. The van der Waals surface area contributed by atoms with Crippen LogP contribution < -0.4 is 16.4 Å². The van der Waals surface area contributed by atoms with Gasteiger partial charge in [-0.1, -0.05) is 18.7 Å². The lowest BCUT2D eigenvalue weighted by Crippen LogP contribution is -2.33. The highest BCUT2D eigenvalue weighted by Crippen LogP contribution is 2.20. The highest BCUT2D eigenvalue weighted by molar-refractivity contribution is 7.98. The molecule has 7 nitrogen and oxygen atoms in total. The van der Waals surface area contributed by atoms with Crippen LogP contribution in [0.3, 0.4) is 0 Å². The lowest BCUT2D eigenvalue weighted by atomic mass is 10.4. The van der Waals surface area contributed by atoms with Gasteiger partial charge in [0, 0.05) is 7.05 Å². The molecule has 0 amide bonds. The fourth-order valence-electron chi connectivity index (χ4n) is 1.57. The zero-order valence-corrected chi connectivity index (χ0v) is 12.1. The molecule has 108 valence electrons. The van der Waals surface area contributed by atoms with Gasteiger partial charge in [-0.05, 0) is 18.7 Å². The number of nitrogens with one attached hydrogen (secondary N) is 2. The molecule has 0 spiro atoms. The van der Waals surface area contributed by atoms with E-state index in [1.165, 1.54) is 16.4 Å². The molecule has 2 aromatic rings. The molecule has 0 aliphatic carbocycles. The van der Waals surface area contributed by atoms with Crippen LogP contribution in [0.1, 0.15) is 18.4 Å². The second-order valence-corrected chi connectivity index (χ2v) is 5.08. The fourth-order valence-corrected chi connectivity index (χ4v) is 2.38. The molecule has 20 heavy (non-hydrogen) atoms. The van der Waals surface area contributed by atoms with Crippen molar-refractivity contribution in [1.29, 1.82) is 0 Å². The predicted octanol–water partition coefficient (Wildman–Crippen LogP) is 0.463. The van der Waals surface area contributed by atoms with E-state index in [1.807, 2.05) is 19.1 Å². The van der Waals surface area contributed by atoms with E-state index in [1.54, 1.807) is 7.05 Å². The van der Waals surface area contributed by atoms with Crippen molar-refractivity contribution in [2.45, 2.75) is 24.4 Å². The van der Waals surface area contributed by atoms with Gasteiger partial charge in [0.05, 0.1) is 12.3 Å². The number of thioether (sulfide) groups is 1. The molecule has 2 N–H and O–H groups in total. The first kappa shape index (κ1) is 14.6. The predicted molar refractivity (Wildman–Crippen MR) is 75.7 cm³/mol. The number of rotatable bonds is 6. The summed E-state index contributed by atoms with van der Waals surface area (Å²) in [6.45, 7) is 3.60. The highest BCUT2D eigenvalue weighted by atomic mass is 32.2. The Morgan fingerprint density at radius 2 is 2.15 bits per heavy atom. The van der Waals surface area contributed by atoms with Gasteiger partial charge >= 0.3 is 11.1 Å². The SMILES string of the molecule is CCNCc1ccc(CSc2nc(=O)c(=O)[nH]n2C)o1. The van der Waals surface area contributed by atoms with Crippen molar-refractivity contribution in [2.24, 2.45) is 7.05 Å². The van der Waals surface area contributed by atoms with Gasteiger partial charge in [-0.3, -0.25) is 19.4 Å². The van der Waals surface area contributed by atoms with E-state index in [9.17, 15) is 9.59 Å². The second kappa shape index (κ2) is 6.58. The molecule has 0 fully saturated rings. The fraction of sp³-hybridized carbons (Fsp3) is 0.417. The van der Waals surface area contributed by atoms with Crippen LogP contribution in [0.25, 0.3) is 0 Å². The summed E-state index contributed by atoms with van der Waals surface area (Å²) < 4.78 is 7.06. The molecule has 0 aliphatic rings. The van der Waals surface area contributed by atoms with Crippen LogP contribution in [0.2, 0.25) is 0 Å². The van der Waals surface area contributed by atoms with Crippen LogP contribution in [-0.4, -0.2) is 21.3 Å². The molecule has 0 saturated heterocycles. The van der Waals surface area contributed by atoms with E-state index in [-0.39, 0.29) is 0 Å². The number of hydrogen-bond donors (Lipinski definition) is 2. The summed E-state index contributed by atoms with van der Waals surface area (Å²) in [4.78, 5) is 26.0. The largest absolute Gasteiger partial charge is 0.464 e. The van der Waals surface area contributed by atoms with E-state index in [2.05, 4.69) is 15.4 Å². The summed E-state index contributed by atoms with van der Waals surface area (Å²) in [6, 6.07) is 3.81. The Labute approximate surface area is 119 Å². The van der Waals surface area contributed by atoms with Crippen molar-refractivity contribution in [3.63, 3.8) is 0 Å². The van der Waals surface area contributed by atoms with Gasteiger partial charge in [-0.2, -0.15) is 4.98 Å². The van der Waals surface area contributed by atoms with Gasteiger partial charge in [0.25, 0.3) is 0 Å². The van der Waals surface area contributed by atoms with Crippen LogP contribution >= 0.6 is 11.8 Å². The van der Waals surface area contributed by atoms with Crippen molar-refractivity contribution in [3.05, 3.63) is 44.4 Å². The number of H-pyrrole nitrogens is 1. The normalized spacial score (nSPS) is 10.9. The molecule has 2 heterocycles. The van der Waals surface area contributed by atoms with Crippen molar-refractivity contribution in [3.8, 4) is 0 Å². The third-order valence-electron chi connectivity index (χ3n) is 2.56. The highest BCUT2D eigenvalue weighted by Gasteiger charge is 2.07. The number of nitrogens with zero attached hydrogens (tertiary/aromatic N) is 2. The van der Waals surface area contributed by atoms with Gasteiger partial charge in [0.1, 0.15) is 11.5 Å². The van der Waals surface area contributed by atoms with Crippen molar-refractivity contribution < 1.29 is 4.42 Å². The van der Waals surface area contributed by atoms with E-state index in [0.717, 1.165) is 18.1 Å². The monoisotopic (exact) mass is 296 g/mol. The number of aryl methyl sites for hydroxylation is 1. The van der Waals surface area contributed by atoms with Gasteiger partial charge in [-0.25, -0.2) is 0 Å². The van der Waals surface area contributed by atoms with Gasteiger partial charge in [0.15, 0.2) is 5.16 Å². The Hall–Kier alpha value is -1.80. The van der Waals surface area contributed by atoms with Crippen molar-refractivity contribution >= 4 is 11.8 Å². The lowest BCUT2D eigenvalue weighted by molar-refractivity contribution is 0.462. The molecule has 8 heteroatoms. The molecule has 0 aliphatic heterocycles. The molecular formula is C12H16N4O3S. The van der Waals surface area contributed by atoms with Crippen LogP contribution in [0.4, 0.5) is 0 Å². The first-order valence-corrected chi connectivity index (χ1v) is 7.17. The first-order valence-electron chi connectivity index (χ1n) is 6.18. The zero-order valence-electron chi connectivity index (χ0n) is 11.3. The number of aromatic nitrogens is 3. The Kier molecular flexibility index (Phi) is 4.80. The molecule has 2 aromatic heterocycles. The zero-order chi connectivity index (χ0) is 14.5. The molecule has 0 aromatic carbocycles. The van der Waals surface area contributed by atoms with Crippen LogP contribution in [0.5, 0.6) is 0 Å². The Bertz CT molecular complexity index is 688. The molecular weight excluding hydrogens is 280 g/mol. The minimum atomic E-state index is -0.780. The van der Waals surface area contributed by atoms with Crippen LogP contribution in [0.15, 0.2) is 31.3 Å². The Balaban J connectivity index is 2.02. The van der Waals surface area contributed by atoms with Crippen LogP contribution in [-0.2, 0) is 19.3 Å². The summed E-state index contributed by atoms with van der Waals surface area (Å²) in [5, 5.41) is 6.02.